The second-order valence-electron chi connectivity index (χ2n) is 4.52. The number of anilines is 2. The predicted octanol–water partition coefficient (Wildman–Crippen LogP) is 1.70. The lowest BCUT2D eigenvalue weighted by atomic mass is 9.98. The maximum absolute atomic E-state index is 12.0. The molecule has 1 aromatic heterocycles. The van der Waals surface area contributed by atoms with Gasteiger partial charge in [0, 0.05) is 12.7 Å². The van der Waals surface area contributed by atoms with Crippen LogP contribution in [0.5, 0.6) is 0 Å². The van der Waals surface area contributed by atoms with Crippen LogP contribution in [-0.4, -0.2) is 23.5 Å². The maximum Gasteiger partial charge on any atom is 0.247 e. The van der Waals surface area contributed by atoms with Crippen molar-refractivity contribution in [3.63, 3.8) is 0 Å². The highest BCUT2D eigenvalue weighted by Crippen LogP contribution is 2.35. The normalized spacial score (nSPS) is 23.4. The summed E-state index contributed by atoms with van der Waals surface area (Å²) < 4.78 is 0. The molecule has 0 aromatic carbocycles. The van der Waals surface area contributed by atoms with Crippen LogP contribution in [0.2, 0.25) is 0 Å². The van der Waals surface area contributed by atoms with Gasteiger partial charge in [0.1, 0.15) is 6.04 Å². The highest BCUT2D eigenvalue weighted by molar-refractivity contribution is 6.03. The second kappa shape index (κ2) is 3.47. The number of aryl methyl sites for hydroxylation is 1. The van der Waals surface area contributed by atoms with Crippen LogP contribution in [0.1, 0.15) is 24.8 Å². The summed E-state index contributed by atoms with van der Waals surface area (Å²) in [6, 6.07) is 1.93. The molecule has 1 aromatic rings. The van der Waals surface area contributed by atoms with E-state index in [2.05, 4.69) is 15.2 Å². The van der Waals surface area contributed by atoms with E-state index in [0.29, 0.717) is 0 Å². The zero-order valence-electron chi connectivity index (χ0n) is 9.36. The number of pyridine rings is 1. The fraction of sp³-hybridized carbons (Fsp3) is 0.500. The van der Waals surface area contributed by atoms with Gasteiger partial charge in [-0.3, -0.25) is 4.79 Å². The van der Waals surface area contributed by atoms with Crippen LogP contribution in [0.4, 0.5) is 11.5 Å². The van der Waals surface area contributed by atoms with Gasteiger partial charge in [-0.25, -0.2) is 4.98 Å². The smallest absolute Gasteiger partial charge is 0.247 e. The molecular weight excluding hydrogens is 202 g/mol. The molecule has 0 saturated carbocycles. The molecular formula is C12H15N3O. The summed E-state index contributed by atoms with van der Waals surface area (Å²) in [5.41, 5.74) is 1.98. The summed E-state index contributed by atoms with van der Waals surface area (Å²) in [7, 11) is 0. The molecule has 1 amide bonds. The number of rotatable bonds is 0. The minimum atomic E-state index is -0.00412. The number of carbonyl (C=O) groups is 1. The lowest BCUT2D eigenvalue weighted by Gasteiger charge is -2.40. The number of carbonyl (C=O) groups excluding carboxylic acids is 1. The summed E-state index contributed by atoms with van der Waals surface area (Å²) in [6.45, 7) is 2.95. The van der Waals surface area contributed by atoms with Gasteiger partial charge in [0.15, 0.2) is 5.82 Å². The first-order chi connectivity index (χ1) is 7.77. The molecule has 16 heavy (non-hydrogen) atoms. The van der Waals surface area contributed by atoms with Crippen molar-refractivity contribution in [2.24, 2.45) is 0 Å². The zero-order valence-corrected chi connectivity index (χ0v) is 9.36. The molecule has 2 aliphatic rings. The van der Waals surface area contributed by atoms with Crippen molar-refractivity contribution in [2.45, 2.75) is 32.2 Å². The summed E-state index contributed by atoms with van der Waals surface area (Å²) in [4.78, 5) is 18.5. The Kier molecular flexibility index (Phi) is 2.09. The van der Waals surface area contributed by atoms with Gasteiger partial charge in [0.05, 0.1) is 5.69 Å². The largest absolute Gasteiger partial charge is 0.343 e. The molecule has 0 bridgehead atoms. The third-order valence-corrected chi connectivity index (χ3v) is 3.47. The molecule has 4 heteroatoms. The first-order valence-corrected chi connectivity index (χ1v) is 5.80. The average Bonchev–Trinajstić information content (AvgIpc) is 2.31. The third kappa shape index (κ3) is 1.29. The molecule has 4 nitrogen and oxygen atoms in total. The van der Waals surface area contributed by atoms with Crippen LogP contribution in [0.3, 0.4) is 0 Å². The Balaban J connectivity index is 2.10. The SMILES string of the molecule is Cc1ccnc2c1NC(=O)C1CCCCN21. The number of hydrogen-bond acceptors (Lipinski definition) is 3. The van der Waals surface area contributed by atoms with Crippen LogP contribution >= 0.6 is 0 Å². The number of fused-ring (bicyclic) bond motifs is 3. The zero-order chi connectivity index (χ0) is 11.1. The van der Waals surface area contributed by atoms with Gasteiger partial charge in [-0.1, -0.05) is 0 Å². The van der Waals surface area contributed by atoms with Crippen LogP contribution in [0.25, 0.3) is 0 Å². The van der Waals surface area contributed by atoms with Crippen LogP contribution in [0, 0.1) is 6.92 Å². The van der Waals surface area contributed by atoms with Crippen LogP contribution in [-0.2, 0) is 4.79 Å². The average molecular weight is 217 g/mol. The molecule has 84 valence electrons. The van der Waals surface area contributed by atoms with Gasteiger partial charge >= 0.3 is 0 Å². The first-order valence-electron chi connectivity index (χ1n) is 5.80. The van der Waals surface area contributed by atoms with Gasteiger partial charge in [-0.2, -0.15) is 0 Å². The standard InChI is InChI=1S/C12H15N3O/c1-8-5-6-13-11-10(8)14-12(16)9-4-2-3-7-15(9)11/h5-6,9H,2-4,7H2,1H3,(H,14,16). The van der Waals surface area contributed by atoms with E-state index >= 15 is 0 Å². The molecule has 1 saturated heterocycles. The Bertz CT molecular complexity index is 444. The fourth-order valence-electron chi connectivity index (χ4n) is 2.58. The predicted molar refractivity (Wildman–Crippen MR) is 62.6 cm³/mol. The highest BCUT2D eigenvalue weighted by atomic mass is 16.2. The molecule has 3 rings (SSSR count). The van der Waals surface area contributed by atoms with Crippen LogP contribution < -0.4 is 10.2 Å². The molecule has 1 N–H and O–H groups in total. The van der Waals surface area contributed by atoms with E-state index in [9.17, 15) is 4.79 Å². The third-order valence-electron chi connectivity index (χ3n) is 3.47. The van der Waals surface area contributed by atoms with Crippen molar-refractivity contribution >= 4 is 17.4 Å². The molecule has 1 unspecified atom stereocenters. The lowest BCUT2D eigenvalue weighted by molar-refractivity contribution is -0.118. The monoisotopic (exact) mass is 217 g/mol. The Morgan fingerprint density at radius 1 is 1.50 bits per heavy atom. The number of amides is 1. The van der Waals surface area contributed by atoms with E-state index in [1.54, 1.807) is 0 Å². The van der Waals surface area contributed by atoms with E-state index in [1.165, 1.54) is 0 Å². The minimum absolute atomic E-state index is 0.00412. The first kappa shape index (κ1) is 9.63. The number of nitrogens with one attached hydrogen (secondary N) is 1. The van der Waals surface area contributed by atoms with E-state index in [1.807, 2.05) is 19.2 Å². The highest BCUT2D eigenvalue weighted by Gasteiger charge is 2.35. The number of piperidine rings is 1. The molecule has 1 fully saturated rings. The number of hydrogen-bond donors (Lipinski definition) is 1. The molecule has 1 atom stereocenters. The van der Waals surface area contributed by atoms with Gasteiger partial charge in [-0.05, 0) is 37.8 Å². The van der Waals surface area contributed by atoms with E-state index in [-0.39, 0.29) is 11.9 Å². The Morgan fingerprint density at radius 3 is 3.25 bits per heavy atom. The Hall–Kier alpha value is -1.58. The van der Waals surface area contributed by atoms with Crippen molar-refractivity contribution in [1.29, 1.82) is 0 Å². The molecule has 3 heterocycles. The maximum atomic E-state index is 12.0. The number of nitrogens with zero attached hydrogens (tertiary/aromatic N) is 2. The van der Waals surface area contributed by atoms with Crippen molar-refractivity contribution in [3.05, 3.63) is 17.8 Å². The Morgan fingerprint density at radius 2 is 2.38 bits per heavy atom. The fourth-order valence-corrected chi connectivity index (χ4v) is 2.58. The van der Waals surface area contributed by atoms with Crippen LogP contribution in [0.15, 0.2) is 12.3 Å². The summed E-state index contributed by atoms with van der Waals surface area (Å²) in [5, 5.41) is 2.98. The van der Waals surface area contributed by atoms with Crippen molar-refractivity contribution in [2.75, 3.05) is 16.8 Å². The van der Waals surface area contributed by atoms with Crippen molar-refractivity contribution in [1.82, 2.24) is 4.98 Å². The van der Waals surface area contributed by atoms with Gasteiger partial charge in [-0.15, -0.1) is 0 Å². The molecule has 0 radical (unpaired) electrons. The molecule has 0 spiro atoms. The quantitative estimate of drug-likeness (QED) is 0.719. The number of aromatic nitrogens is 1. The van der Waals surface area contributed by atoms with Gasteiger partial charge in [0.25, 0.3) is 0 Å². The van der Waals surface area contributed by atoms with E-state index < -0.39 is 0 Å². The summed E-state index contributed by atoms with van der Waals surface area (Å²) in [6.07, 6.45) is 5.05. The summed E-state index contributed by atoms with van der Waals surface area (Å²) >= 11 is 0. The van der Waals surface area contributed by atoms with Gasteiger partial charge < -0.3 is 10.2 Å². The van der Waals surface area contributed by atoms with Crippen molar-refractivity contribution < 1.29 is 4.79 Å². The summed E-state index contributed by atoms with van der Waals surface area (Å²) in [5.74, 6) is 1.08. The topological polar surface area (TPSA) is 45.2 Å². The van der Waals surface area contributed by atoms with E-state index in [0.717, 1.165) is 42.9 Å². The van der Waals surface area contributed by atoms with Crippen molar-refractivity contribution in [3.8, 4) is 0 Å². The lowest BCUT2D eigenvalue weighted by Crippen LogP contribution is -2.51. The minimum Gasteiger partial charge on any atom is -0.343 e. The molecule has 2 aliphatic heterocycles. The van der Waals surface area contributed by atoms with Gasteiger partial charge in [0.2, 0.25) is 5.91 Å². The molecule has 0 aliphatic carbocycles. The van der Waals surface area contributed by atoms with E-state index in [4.69, 9.17) is 0 Å². The Labute approximate surface area is 94.7 Å². The second-order valence-corrected chi connectivity index (χ2v) is 4.52.